The van der Waals surface area contributed by atoms with Gasteiger partial charge in [-0.15, -0.1) is 0 Å². The first-order chi connectivity index (χ1) is 10.8. The van der Waals surface area contributed by atoms with Gasteiger partial charge in [0.2, 0.25) is 0 Å². The second-order valence-electron chi connectivity index (χ2n) is 6.90. The van der Waals surface area contributed by atoms with E-state index in [1.54, 1.807) is 0 Å². The van der Waals surface area contributed by atoms with Crippen LogP contribution in [0.15, 0.2) is 30.3 Å². The van der Waals surface area contributed by atoms with E-state index in [2.05, 4.69) is 47.1 Å². The number of nitrogens with zero attached hydrogens (tertiary/aromatic N) is 2. The Morgan fingerprint density at radius 1 is 1.05 bits per heavy atom. The molecule has 122 valence electrons. The van der Waals surface area contributed by atoms with Crippen molar-refractivity contribution in [3.63, 3.8) is 0 Å². The van der Waals surface area contributed by atoms with Gasteiger partial charge in [0.15, 0.2) is 0 Å². The van der Waals surface area contributed by atoms with E-state index in [0.717, 1.165) is 38.3 Å². The predicted molar refractivity (Wildman–Crippen MR) is 91.2 cm³/mol. The number of aryl methyl sites for hydroxylation is 1. The highest BCUT2D eigenvalue weighted by molar-refractivity contribution is 5.14. The Hall–Kier alpha value is -0.900. The van der Waals surface area contributed by atoms with Crippen molar-refractivity contribution >= 4 is 0 Å². The van der Waals surface area contributed by atoms with E-state index < -0.39 is 0 Å². The first-order valence-electron chi connectivity index (χ1n) is 8.91. The lowest BCUT2D eigenvalue weighted by atomic mass is 10.0. The Kier molecular flexibility index (Phi) is 5.88. The van der Waals surface area contributed by atoms with Crippen molar-refractivity contribution in [2.75, 3.05) is 45.9 Å². The van der Waals surface area contributed by atoms with Crippen molar-refractivity contribution in [2.45, 2.75) is 32.2 Å². The average molecular weight is 302 g/mol. The molecule has 3 heteroatoms. The molecule has 2 aliphatic rings. The smallest absolute Gasteiger partial charge is 0.0594 e. The van der Waals surface area contributed by atoms with Gasteiger partial charge in [-0.25, -0.2) is 0 Å². The summed E-state index contributed by atoms with van der Waals surface area (Å²) in [7, 11) is 0. The van der Waals surface area contributed by atoms with Crippen molar-refractivity contribution in [1.29, 1.82) is 0 Å². The van der Waals surface area contributed by atoms with Crippen LogP contribution in [-0.4, -0.2) is 61.8 Å². The molecule has 2 fully saturated rings. The molecule has 0 amide bonds. The summed E-state index contributed by atoms with van der Waals surface area (Å²) >= 11 is 0. The van der Waals surface area contributed by atoms with Crippen LogP contribution in [0.25, 0.3) is 0 Å². The number of hydrogen-bond donors (Lipinski definition) is 0. The third-order valence-corrected chi connectivity index (χ3v) is 5.20. The van der Waals surface area contributed by atoms with Gasteiger partial charge in [-0.05, 0) is 37.3 Å². The molecule has 22 heavy (non-hydrogen) atoms. The van der Waals surface area contributed by atoms with Gasteiger partial charge in [0, 0.05) is 32.2 Å². The lowest BCUT2D eigenvalue weighted by Gasteiger charge is -2.34. The number of rotatable bonds is 6. The summed E-state index contributed by atoms with van der Waals surface area (Å²) in [4.78, 5) is 5.33. The van der Waals surface area contributed by atoms with E-state index >= 15 is 0 Å². The minimum absolute atomic E-state index is 0.748. The number of morpholine rings is 1. The summed E-state index contributed by atoms with van der Waals surface area (Å²) in [6.07, 6.45) is 3.84. The highest BCUT2D eigenvalue weighted by Crippen LogP contribution is 2.23. The van der Waals surface area contributed by atoms with Crippen LogP contribution in [-0.2, 0) is 11.2 Å². The molecule has 3 rings (SSSR count). The number of ether oxygens (including phenoxy) is 1. The Labute approximate surface area is 135 Å². The molecule has 2 aliphatic heterocycles. The van der Waals surface area contributed by atoms with Crippen LogP contribution in [0.3, 0.4) is 0 Å². The zero-order chi connectivity index (χ0) is 15.2. The summed E-state index contributed by atoms with van der Waals surface area (Å²) in [6.45, 7) is 10.3. The van der Waals surface area contributed by atoms with E-state index in [1.165, 1.54) is 44.5 Å². The molecular formula is C19H30N2O. The van der Waals surface area contributed by atoms with E-state index in [4.69, 9.17) is 4.74 Å². The fraction of sp³-hybridized carbons (Fsp3) is 0.684. The Morgan fingerprint density at radius 2 is 1.82 bits per heavy atom. The highest BCUT2D eigenvalue weighted by atomic mass is 16.5. The molecule has 0 saturated carbocycles. The molecule has 2 atom stereocenters. The standard InChI is InChI=1S/C19H30N2O/c1-17-15-20(16-19(17)21-11-13-22-14-12-21)10-6-5-9-18-7-3-2-4-8-18/h2-4,7-8,17,19H,5-6,9-16H2,1H3/t17-,19-/m1/s1. The molecule has 0 bridgehead atoms. The molecule has 0 radical (unpaired) electrons. The summed E-state index contributed by atoms with van der Waals surface area (Å²) in [5.41, 5.74) is 1.48. The van der Waals surface area contributed by atoms with Crippen molar-refractivity contribution in [3.8, 4) is 0 Å². The van der Waals surface area contributed by atoms with Crippen LogP contribution in [0.2, 0.25) is 0 Å². The number of likely N-dealkylation sites (tertiary alicyclic amines) is 1. The van der Waals surface area contributed by atoms with Crippen molar-refractivity contribution in [1.82, 2.24) is 9.80 Å². The van der Waals surface area contributed by atoms with Gasteiger partial charge in [-0.1, -0.05) is 37.3 Å². The van der Waals surface area contributed by atoms with Gasteiger partial charge in [-0.2, -0.15) is 0 Å². The Morgan fingerprint density at radius 3 is 2.59 bits per heavy atom. The monoisotopic (exact) mass is 302 g/mol. The molecule has 2 saturated heterocycles. The van der Waals surface area contributed by atoms with Crippen LogP contribution < -0.4 is 0 Å². The summed E-state index contributed by atoms with van der Waals surface area (Å²) in [5.74, 6) is 0.798. The summed E-state index contributed by atoms with van der Waals surface area (Å²) in [5, 5.41) is 0. The maximum atomic E-state index is 5.49. The fourth-order valence-electron chi connectivity index (χ4n) is 3.92. The summed E-state index contributed by atoms with van der Waals surface area (Å²) < 4.78 is 5.49. The number of unbranched alkanes of at least 4 members (excludes halogenated alkanes) is 1. The fourth-order valence-corrected chi connectivity index (χ4v) is 3.92. The third kappa shape index (κ3) is 4.31. The molecule has 0 spiro atoms. The van der Waals surface area contributed by atoms with Crippen LogP contribution in [0.5, 0.6) is 0 Å². The largest absolute Gasteiger partial charge is 0.379 e. The molecule has 2 heterocycles. The van der Waals surface area contributed by atoms with Crippen LogP contribution >= 0.6 is 0 Å². The van der Waals surface area contributed by atoms with E-state index in [-0.39, 0.29) is 0 Å². The highest BCUT2D eigenvalue weighted by Gasteiger charge is 2.33. The lowest BCUT2D eigenvalue weighted by molar-refractivity contribution is 0.0118. The number of hydrogen-bond acceptors (Lipinski definition) is 3. The van der Waals surface area contributed by atoms with E-state index in [1.807, 2.05) is 0 Å². The van der Waals surface area contributed by atoms with Crippen molar-refractivity contribution < 1.29 is 4.74 Å². The van der Waals surface area contributed by atoms with Gasteiger partial charge < -0.3 is 9.64 Å². The van der Waals surface area contributed by atoms with Crippen LogP contribution in [0, 0.1) is 5.92 Å². The third-order valence-electron chi connectivity index (χ3n) is 5.20. The van der Waals surface area contributed by atoms with E-state index in [9.17, 15) is 0 Å². The summed E-state index contributed by atoms with van der Waals surface area (Å²) in [6, 6.07) is 11.6. The van der Waals surface area contributed by atoms with Gasteiger partial charge in [0.25, 0.3) is 0 Å². The van der Waals surface area contributed by atoms with Crippen LogP contribution in [0.4, 0.5) is 0 Å². The normalized spacial score (nSPS) is 27.3. The average Bonchev–Trinajstić information content (AvgIpc) is 2.94. The minimum Gasteiger partial charge on any atom is -0.379 e. The van der Waals surface area contributed by atoms with Gasteiger partial charge >= 0.3 is 0 Å². The Bertz CT molecular complexity index is 430. The molecule has 1 aromatic carbocycles. The topological polar surface area (TPSA) is 15.7 Å². The molecule has 0 aliphatic carbocycles. The second kappa shape index (κ2) is 8.09. The second-order valence-corrected chi connectivity index (χ2v) is 6.90. The van der Waals surface area contributed by atoms with Crippen LogP contribution in [0.1, 0.15) is 25.3 Å². The SMILES string of the molecule is C[C@@H]1CN(CCCCc2ccccc2)C[C@H]1N1CCOCC1. The molecular weight excluding hydrogens is 272 g/mol. The minimum atomic E-state index is 0.748. The quantitative estimate of drug-likeness (QED) is 0.751. The molecule has 1 aromatic rings. The van der Waals surface area contributed by atoms with Crippen molar-refractivity contribution in [2.24, 2.45) is 5.92 Å². The van der Waals surface area contributed by atoms with Crippen molar-refractivity contribution in [3.05, 3.63) is 35.9 Å². The maximum Gasteiger partial charge on any atom is 0.0594 e. The number of benzene rings is 1. The van der Waals surface area contributed by atoms with E-state index in [0.29, 0.717) is 0 Å². The molecule has 0 aromatic heterocycles. The zero-order valence-corrected chi connectivity index (χ0v) is 13.9. The maximum absolute atomic E-state index is 5.49. The van der Waals surface area contributed by atoms with Gasteiger partial charge in [0.05, 0.1) is 13.2 Å². The predicted octanol–water partition coefficient (Wildman–Crippen LogP) is 2.66. The lowest BCUT2D eigenvalue weighted by Crippen LogP contribution is -2.46. The Balaban J connectivity index is 1.37. The first-order valence-corrected chi connectivity index (χ1v) is 8.91. The molecule has 3 nitrogen and oxygen atoms in total. The molecule has 0 unspecified atom stereocenters. The zero-order valence-electron chi connectivity index (χ0n) is 13.9. The van der Waals surface area contributed by atoms with Gasteiger partial charge in [-0.3, -0.25) is 4.90 Å². The first kappa shape index (κ1) is 16.0. The van der Waals surface area contributed by atoms with Gasteiger partial charge in [0.1, 0.15) is 0 Å². The molecule has 0 N–H and O–H groups in total.